The fourth-order valence-corrected chi connectivity index (χ4v) is 5.14. The molecule has 0 N–H and O–H groups in total. The molecule has 4 aromatic carbocycles. The van der Waals surface area contributed by atoms with Crippen molar-refractivity contribution in [2.24, 2.45) is 0 Å². The van der Waals surface area contributed by atoms with E-state index in [1.807, 2.05) is 0 Å². The fourth-order valence-electron chi connectivity index (χ4n) is 5.14. The molecule has 0 aliphatic heterocycles. The zero-order valence-corrected chi connectivity index (χ0v) is 17.9. The van der Waals surface area contributed by atoms with Crippen LogP contribution in [0, 0.1) is 10.4 Å². The third kappa shape index (κ3) is 2.83. The summed E-state index contributed by atoms with van der Waals surface area (Å²) >= 11 is 0. The van der Waals surface area contributed by atoms with Crippen molar-refractivity contribution >= 4 is 33.6 Å². The predicted molar refractivity (Wildman–Crippen MR) is 133 cm³/mol. The van der Waals surface area contributed by atoms with Gasteiger partial charge in [0.1, 0.15) is 0 Å². The van der Waals surface area contributed by atoms with E-state index in [1.165, 1.54) is 65.1 Å². The molecule has 0 unspecified atom stereocenters. The summed E-state index contributed by atoms with van der Waals surface area (Å²) in [5, 5.41) is 7.97. The molecule has 2 aliphatic rings. The van der Waals surface area contributed by atoms with Crippen LogP contribution in [0.2, 0.25) is 0 Å². The Balaban J connectivity index is 1.69. The zero-order valence-electron chi connectivity index (χ0n) is 17.9. The van der Waals surface area contributed by atoms with E-state index in [9.17, 15) is 0 Å². The lowest BCUT2D eigenvalue weighted by atomic mass is 9.89. The van der Waals surface area contributed by atoms with Gasteiger partial charge >= 0.3 is 0 Å². The maximum absolute atomic E-state index is 2.38. The second kappa shape index (κ2) is 6.96. The van der Waals surface area contributed by atoms with E-state index in [0.29, 0.717) is 0 Å². The van der Waals surface area contributed by atoms with Crippen LogP contribution in [0.1, 0.15) is 37.0 Å². The van der Waals surface area contributed by atoms with E-state index in [4.69, 9.17) is 0 Å². The number of hydrogen-bond donors (Lipinski definition) is 0. The summed E-state index contributed by atoms with van der Waals surface area (Å²) in [6.07, 6.45) is 7.99. The monoisotopic (exact) mass is 396 g/mol. The lowest BCUT2D eigenvalue weighted by molar-refractivity contribution is 1.35. The van der Waals surface area contributed by atoms with Crippen molar-refractivity contribution in [1.82, 2.24) is 0 Å². The Bertz CT molecular complexity index is 1660. The molecule has 0 aromatic heterocycles. The van der Waals surface area contributed by atoms with Crippen molar-refractivity contribution in [3.05, 3.63) is 129 Å². The summed E-state index contributed by atoms with van der Waals surface area (Å²) in [4.78, 5) is 0. The first-order valence-corrected chi connectivity index (χ1v) is 11.0. The van der Waals surface area contributed by atoms with Gasteiger partial charge in [-0.3, -0.25) is 0 Å². The molecule has 31 heavy (non-hydrogen) atoms. The molecule has 148 valence electrons. The van der Waals surface area contributed by atoms with Crippen LogP contribution >= 0.6 is 0 Å². The van der Waals surface area contributed by atoms with Gasteiger partial charge in [0, 0.05) is 0 Å². The summed E-state index contributed by atoms with van der Waals surface area (Å²) in [6.45, 7) is 4.46. The molecule has 6 rings (SSSR count). The van der Waals surface area contributed by atoms with Gasteiger partial charge in [-0.1, -0.05) is 90.5 Å². The molecule has 0 spiro atoms. The molecule has 4 aromatic rings. The molecule has 0 nitrogen and oxygen atoms in total. The van der Waals surface area contributed by atoms with Crippen LogP contribution in [0.15, 0.2) is 91.0 Å². The molecule has 0 heterocycles. The number of hydrogen-bond acceptors (Lipinski definition) is 0. The van der Waals surface area contributed by atoms with Crippen LogP contribution in [0.3, 0.4) is 0 Å². The first kappa shape index (κ1) is 18.2. The second-order valence-electron chi connectivity index (χ2n) is 8.74. The largest absolute Gasteiger partial charge is 0.0795 e. The molecule has 0 saturated carbocycles. The van der Waals surface area contributed by atoms with E-state index in [-0.39, 0.29) is 0 Å². The second-order valence-corrected chi connectivity index (χ2v) is 8.74. The quantitative estimate of drug-likeness (QED) is 0.327. The van der Waals surface area contributed by atoms with Crippen LogP contribution in [0.5, 0.6) is 0 Å². The van der Waals surface area contributed by atoms with Gasteiger partial charge in [0.05, 0.1) is 0 Å². The van der Waals surface area contributed by atoms with Gasteiger partial charge in [-0.25, -0.2) is 0 Å². The summed E-state index contributed by atoms with van der Waals surface area (Å²) in [7, 11) is 0. The smallest absolute Gasteiger partial charge is 0.00642 e. The molecule has 0 saturated heterocycles. The molecule has 0 heteroatoms. The minimum atomic E-state index is 0.975. The van der Waals surface area contributed by atoms with Gasteiger partial charge in [0.15, 0.2) is 0 Å². The van der Waals surface area contributed by atoms with Crippen LogP contribution < -0.4 is 10.4 Å². The highest BCUT2D eigenvalue weighted by Gasteiger charge is 2.19. The molecule has 0 radical (unpaired) electrons. The summed E-state index contributed by atoms with van der Waals surface area (Å²) in [5.41, 5.74) is 8.23. The molecule has 0 bridgehead atoms. The van der Waals surface area contributed by atoms with Crippen molar-refractivity contribution in [1.29, 1.82) is 0 Å². The topological polar surface area (TPSA) is 0 Å². The van der Waals surface area contributed by atoms with Gasteiger partial charge in [0.25, 0.3) is 0 Å². The first-order chi connectivity index (χ1) is 15.2. The minimum absolute atomic E-state index is 0.975. The Hall–Kier alpha value is -3.64. The molecule has 2 aliphatic carbocycles. The van der Waals surface area contributed by atoms with E-state index in [2.05, 4.69) is 111 Å². The molecular weight excluding hydrogens is 372 g/mol. The average molecular weight is 397 g/mol. The molecule has 0 fully saturated rings. The van der Waals surface area contributed by atoms with E-state index < -0.39 is 0 Å². The van der Waals surface area contributed by atoms with Crippen molar-refractivity contribution in [2.45, 2.75) is 20.3 Å². The normalized spacial score (nSPS) is 14.0. The predicted octanol–water partition coefficient (Wildman–Crippen LogP) is 6.33. The van der Waals surface area contributed by atoms with E-state index >= 15 is 0 Å². The summed E-state index contributed by atoms with van der Waals surface area (Å²) < 4.78 is 0. The Morgan fingerprint density at radius 3 is 2.42 bits per heavy atom. The lowest BCUT2D eigenvalue weighted by Gasteiger charge is -2.14. The number of rotatable bonds is 2. The fraction of sp³-hybridized carbons (Fsp3) is 0.0968. The van der Waals surface area contributed by atoms with E-state index in [0.717, 1.165) is 6.42 Å². The highest BCUT2D eigenvalue weighted by molar-refractivity contribution is 6.02. The van der Waals surface area contributed by atoms with Crippen molar-refractivity contribution < 1.29 is 0 Å². The SMILES string of the molecule is CC(C)=c1ccc2c(c1C1=C(c3ccc4ccccc4c3)C=CC1)C=c1ccccc1=2. The zero-order chi connectivity index (χ0) is 20.9. The number of allylic oxidation sites excluding steroid dienone is 4. The maximum atomic E-state index is 2.38. The van der Waals surface area contributed by atoms with Gasteiger partial charge in [-0.05, 0) is 91.9 Å². The first-order valence-electron chi connectivity index (χ1n) is 11.0. The van der Waals surface area contributed by atoms with Crippen molar-refractivity contribution in [3.8, 4) is 0 Å². The van der Waals surface area contributed by atoms with Gasteiger partial charge in [-0.2, -0.15) is 0 Å². The highest BCUT2D eigenvalue weighted by Crippen LogP contribution is 2.37. The van der Waals surface area contributed by atoms with Gasteiger partial charge in [0.2, 0.25) is 0 Å². The highest BCUT2D eigenvalue weighted by atomic mass is 14.2. The number of benzene rings is 4. The Labute approximate surface area is 182 Å². The summed E-state index contributed by atoms with van der Waals surface area (Å²) in [5.74, 6) is 0. The Morgan fingerprint density at radius 1 is 0.742 bits per heavy atom. The van der Waals surface area contributed by atoms with Crippen LogP contribution in [-0.2, 0) is 0 Å². The number of fused-ring (bicyclic) bond motifs is 3. The maximum Gasteiger partial charge on any atom is -0.00642 e. The minimum Gasteiger partial charge on any atom is -0.0795 e. The van der Waals surface area contributed by atoms with Crippen LogP contribution in [-0.4, -0.2) is 0 Å². The van der Waals surface area contributed by atoms with Gasteiger partial charge in [-0.15, -0.1) is 0 Å². The van der Waals surface area contributed by atoms with Crippen LogP contribution in [0.4, 0.5) is 0 Å². The third-order valence-corrected chi connectivity index (χ3v) is 6.63. The van der Waals surface area contributed by atoms with Crippen molar-refractivity contribution in [3.63, 3.8) is 0 Å². The molecule has 0 amide bonds. The van der Waals surface area contributed by atoms with Crippen LogP contribution in [0.25, 0.3) is 33.6 Å². The average Bonchev–Trinajstić information content (AvgIpc) is 3.43. The molecular formula is C31H24. The lowest BCUT2D eigenvalue weighted by Crippen LogP contribution is -2.13. The Kier molecular flexibility index (Phi) is 4.07. The molecule has 0 atom stereocenters. The van der Waals surface area contributed by atoms with Gasteiger partial charge < -0.3 is 0 Å². The third-order valence-electron chi connectivity index (χ3n) is 6.63. The summed E-state index contributed by atoms with van der Waals surface area (Å²) in [6, 6.07) is 28.9. The standard InChI is InChI=1S/C31H24/c1-20(2)25-16-17-28-26-11-6-5-10-23(26)19-30(28)31(25)29-13-7-12-27(29)24-15-14-21-8-3-4-9-22(21)18-24/h3-12,14-19H,13H2,1-2H3. The van der Waals surface area contributed by atoms with E-state index in [1.54, 1.807) is 0 Å². The Morgan fingerprint density at radius 2 is 1.55 bits per heavy atom. The van der Waals surface area contributed by atoms with Crippen molar-refractivity contribution in [2.75, 3.05) is 0 Å².